The molecule has 0 aromatic carbocycles. The van der Waals surface area contributed by atoms with E-state index in [9.17, 15) is 0 Å². The minimum Gasteiger partial charge on any atom is -0.358 e. The predicted octanol–water partition coefficient (Wildman–Crippen LogP) is -0.816. The smallest absolute Gasteiger partial charge is 0.358 e. The molecule has 1 aliphatic heterocycles. The normalized spacial score (nSPS) is 15.6. The molecule has 2 heterocycles. The summed E-state index contributed by atoms with van der Waals surface area (Å²) >= 11 is 0. The molecular weight excluding hydrogens is 272 g/mol. The first-order valence-electron chi connectivity index (χ1n) is 4.81. The Bertz CT molecular complexity index is 296. The SMILES string of the molecule is Cc1cc2n(n1)CC[C-](C)CNC2.[CH3-].[CH3-].[Rb+]. The van der Waals surface area contributed by atoms with E-state index in [0.717, 1.165) is 31.7 Å². The van der Waals surface area contributed by atoms with Gasteiger partial charge in [0, 0.05) is 13.1 Å². The summed E-state index contributed by atoms with van der Waals surface area (Å²) in [5, 5.41) is 7.86. The molecule has 0 aliphatic carbocycles. The van der Waals surface area contributed by atoms with E-state index < -0.39 is 0 Å². The zero-order valence-electron chi connectivity index (χ0n) is 11.3. The van der Waals surface area contributed by atoms with Crippen LogP contribution >= 0.6 is 0 Å². The van der Waals surface area contributed by atoms with E-state index in [1.165, 1.54) is 11.6 Å². The molecule has 0 bridgehead atoms. The van der Waals surface area contributed by atoms with Crippen LogP contribution in [0.2, 0.25) is 0 Å². The van der Waals surface area contributed by atoms with Crippen molar-refractivity contribution in [1.82, 2.24) is 15.1 Å². The molecule has 1 aromatic rings. The van der Waals surface area contributed by atoms with Crippen LogP contribution < -0.4 is 63.5 Å². The number of hydrogen-bond acceptors (Lipinski definition) is 2. The van der Waals surface area contributed by atoms with Gasteiger partial charge in [-0.25, -0.2) is 0 Å². The third-order valence-corrected chi connectivity index (χ3v) is 2.47. The van der Waals surface area contributed by atoms with Crippen molar-refractivity contribution in [3.05, 3.63) is 38.2 Å². The topological polar surface area (TPSA) is 29.9 Å². The zero-order chi connectivity index (χ0) is 9.26. The molecule has 0 fully saturated rings. The summed E-state index contributed by atoms with van der Waals surface area (Å²) in [6, 6.07) is 2.16. The van der Waals surface area contributed by atoms with Crippen molar-refractivity contribution in [1.29, 1.82) is 0 Å². The van der Waals surface area contributed by atoms with Crippen molar-refractivity contribution in [2.45, 2.75) is 33.4 Å². The summed E-state index contributed by atoms with van der Waals surface area (Å²) in [7, 11) is 0. The third-order valence-electron chi connectivity index (χ3n) is 2.47. The largest absolute Gasteiger partial charge is 1.00 e. The third kappa shape index (κ3) is 5.09. The van der Waals surface area contributed by atoms with E-state index >= 15 is 0 Å². The minimum atomic E-state index is 0. The Kier molecular flexibility index (Phi) is 10.8. The summed E-state index contributed by atoms with van der Waals surface area (Å²) in [6.45, 7) is 7.28. The zero-order valence-corrected chi connectivity index (χ0v) is 16.2. The van der Waals surface area contributed by atoms with Gasteiger partial charge >= 0.3 is 58.2 Å². The molecule has 4 heteroatoms. The monoisotopic (exact) mass is 293 g/mol. The Morgan fingerprint density at radius 3 is 2.81 bits per heavy atom. The van der Waals surface area contributed by atoms with Crippen LogP contribution in [-0.2, 0) is 13.1 Å². The van der Waals surface area contributed by atoms with Gasteiger partial charge in [0.1, 0.15) is 0 Å². The second kappa shape index (κ2) is 8.98. The predicted molar refractivity (Wildman–Crippen MR) is 65.0 cm³/mol. The standard InChI is InChI=1S/C10H16N3.2CH3.Rb/c1-8-3-4-13-10(7-11-6-8)5-9(2)12-13;;;/h5,11H,3-4,6-7H2,1-2H3;2*1H3;/q3*-1;+1. The first-order valence-corrected chi connectivity index (χ1v) is 4.81. The summed E-state index contributed by atoms with van der Waals surface area (Å²) in [5.74, 6) is 1.51. The van der Waals surface area contributed by atoms with Crippen molar-refractivity contribution >= 4 is 0 Å². The van der Waals surface area contributed by atoms with Crippen LogP contribution in [-0.4, -0.2) is 16.3 Å². The second-order valence-electron chi connectivity index (χ2n) is 3.81. The van der Waals surface area contributed by atoms with Crippen LogP contribution in [0.15, 0.2) is 6.07 Å². The second-order valence-corrected chi connectivity index (χ2v) is 3.81. The maximum Gasteiger partial charge on any atom is 1.00 e. The Morgan fingerprint density at radius 1 is 1.44 bits per heavy atom. The fourth-order valence-corrected chi connectivity index (χ4v) is 1.72. The molecular formula is C12H22N3Rb-2. The van der Waals surface area contributed by atoms with Gasteiger partial charge in [-0.1, -0.05) is 0 Å². The maximum atomic E-state index is 4.45. The molecule has 2 rings (SSSR count). The molecule has 0 radical (unpaired) electrons. The molecule has 0 spiro atoms. The van der Waals surface area contributed by atoms with E-state index in [4.69, 9.17) is 0 Å². The fraction of sp³-hybridized carbons (Fsp3) is 0.500. The van der Waals surface area contributed by atoms with Gasteiger partial charge < -0.3 is 26.1 Å². The molecule has 88 valence electrons. The summed E-state index contributed by atoms with van der Waals surface area (Å²) < 4.78 is 2.12. The molecule has 3 nitrogen and oxygen atoms in total. The van der Waals surface area contributed by atoms with Crippen LogP contribution in [0.3, 0.4) is 0 Å². The number of rotatable bonds is 0. The van der Waals surface area contributed by atoms with E-state index in [0.29, 0.717) is 0 Å². The van der Waals surface area contributed by atoms with Gasteiger partial charge in [-0.15, -0.1) is 6.54 Å². The molecule has 1 aliphatic rings. The van der Waals surface area contributed by atoms with Gasteiger partial charge in [0.15, 0.2) is 0 Å². The first-order chi connectivity index (χ1) is 6.25. The molecule has 1 N–H and O–H groups in total. The quantitative estimate of drug-likeness (QED) is 0.634. The van der Waals surface area contributed by atoms with Crippen LogP contribution in [0.5, 0.6) is 0 Å². The van der Waals surface area contributed by atoms with E-state index in [2.05, 4.69) is 35.0 Å². The van der Waals surface area contributed by atoms with Gasteiger partial charge in [0.2, 0.25) is 0 Å². The molecule has 0 unspecified atom stereocenters. The molecule has 0 atom stereocenters. The average Bonchev–Trinajstić information content (AvgIpc) is 2.40. The van der Waals surface area contributed by atoms with Crippen molar-refractivity contribution < 1.29 is 58.2 Å². The minimum absolute atomic E-state index is 0. The van der Waals surface area contributed by atoms with Gasteiger partial charge in [-0.3, -0.25) is 4.68 Å². The molecule has 16 heavy (non-hydrogen) atoms. The number of hydrogen-bond donors (Lipinski definition) is 1. The molecule has 0 saturated carbocycles. The Morgan fingerprint density at radius 2 is 2.12 bits per heavy atom. The molecule has 0 saturated heterocycles. The van der Waals surface area contributed by atoms with Crippen LogP contribution in [0.4, 0.5) is 0 Å². The van der Waals surface area contributed by atoms with Crippen LogP contribution in [0.25, 0.3) is 0 Å². The fourth-order valence-electron chi connectivity index (χ4n) is 1.72. The Hall–Kier alpha value is 0.975. The van der Waals surface area contributed by atoms with Gasteiger partial charge in [0.25, 0.3) is 0 Å². The van der Waals surface area contributed by atoms with Gasteiger partial charge in [-0.05, 0) is 13.0 Å². The average molecular weight is 294 g/mol. The van der Waals surface area contributed by atoms with Gasteiger partial charge in [-0.2, -0.15) is 18.4 Å². The van der Waals surface area contributed by atoms with E-state index in [1.807, 2.05) is 0 Å². The van der Waals surface area contributed by atoms with Crippen molar-refractivity contribution in [2.75, 3.05) is 6.54 Å². The summed E-state index contributed by atoms with van der Waals surface area (Å²) in [6.07, 6.45) is 1.14. The molecule has 1 aromatic heterocycles. The van der Waals surface area contributed by atoms with Crippen molar-refractivity contribution in [2.24, 2.45) is 0 Å². The van der Waals surface area contributed by atoms with E-state index in [-0.39, 0.29) is 73.0 Å². The van der Waals surface area contributed by atoms with E-state index in [1.54, 1.807) is 0 Å². The summed E-state index contributed by atoms with van der Waals surface area (Å²) in [4.78, 5) is 0. The van der Waals surface area contributed by atoms with Crippen molar-refractivity contribution in [3.63, 3.8) is 0 Å². The summed E-state index contributed by atoms with van der Waals surface area (Å²) in [5.41, 5.74) is 2.43. The number of nitrogens with zero attached hydrogens (tertiary/aromatic N) is 2. The van der Waals surface area contributed by atoms with Gasteiger partial charge in [0.05, 0.1) is 11.4 Å². The molecule has 0 amide bonds. The van der Waals surface area contributed by atoms with Crippen LogP contribution in [0.1, 0.15) is 24.7 Å². The number of aromatic nitrogens is 2. The number of nitrogens with one attached hydrogen (secondary N) is 1. The Labute approximate surface area is 149 Å². The number of aryl methyl sites for hydroxylation is 2. The van der Waals surface area contributed by atoms with Crippen LogP contribution in [0, 0.1) is 27.7 Å². The number of fused-ring (bicyclic) bond motifs is 1. The maximum absolute atomic E-state index is 4.45. The van der Waals surface area contributed by atoms with Crippen molar-refractivity contribution in [3.8, 4) is 0 Å². The first kappa shape index (κ1) is 19.3. The Balaban J connectivity index is 0.